The average molecular weight is 240 g/mol. The van der Waals surface area contributed by atoms with Crippen molar-refractivity contribution in [2.75, 3.05) is 0 Å². The maximum Gasteiger partial charge on any atom is 0.177 e. The van der Waals surface area contributed by atoms with Gasteiger partial charge in [-0.3, -0.25) is 0 Å². The summed E-state index contributed by atoms with van der Waals surface area (Å²) in [6.45, 7) is 12.2. The lowest BCUT2D eigenvalue weighted by molar-refractivity contribution is 0.392. The van der Waals surface area contributed by atoms with Gasteiger partial charge in [0.1, 0.15) is 0 Å². The van der Waals surface area contributed by atoms with Gasteiger partial charge in [-0.2, -0.15) is 0 Å². The molecule has 0 aromatic carbocycles. The summed E-state index contributed by atoms with van der Waals surface area (Å²) in [7, 11) is 0. The van der Waals surface area contributed by atoms with Crippen molar-refractivity contribution in [1.82, 2.24) is 9.55 Å². The third kappa shape index (κ3) is 2.97. The van der Waals surface area contributed by atoms with E-state index in [4.69, 9.17) is 12.2 Å². The Balaban J connectivity index is 3.03. The molecule has 0 aliphatic rings. The molecule has 0 spiro atoms. The minimum atomic E-state index is 0.152. The standard InChI is InChI=1S/C13H24N2S/c1-6-10(7-2)9-15-11(13(3,4)5)8-14-12(15)16/h8,10H,6-7,9H2,1-5H3,(H,14,16). The van der Waals surface area contributed by atoms with E-state index in [0.717, 1.165) is 17.2 Å². The highest BCUT2D eigenvalue weighted by Crippen LogP contribution is 2.24. The molecule has 0 aliphatic carbocycles. The van der Waals surface area contributed by atoms with Gasteiger partial charge in [0.2, 0.25) is 0 Å². The topological polar surface area (TPSA) is 20.7 Å². The van der Waals surface area contributed by atoms with Crippen LogP contribution in [0.5, 0.6) is 0 Å². The van der Waals surface area contributed by atoms with Gasteiger partial charge in [-0.1, -0.05) is 47.5 Å². The quantitative estimate of drug-likeness (QED) is 0.779. The van der Waals surface area contributed by atoms with Crippen molar-refractivity contribution < 1.29 is 0 Å². The van der Waals surface area contributed by atoms with Crippen molar-refractivity contribution in [1.29, 1.82) is 0 Å². The summed E-state index contributed by atoms with van der Waals surface area (Å²) in [4.78, 5) is 3.18. The van der Waals surface area contributed by atoms with Crippen LogP contribution in [0.4, 0.5) is 0 Å². The van der Waals surface area contributed by atoms with Gasteiger partial charge in [0, 0.05) is 23.9 Å². The SMILES string of the molecule is CCC(CC)Cn1c(C(C)(C)C)c[nH]c1=S. The normalized spacial score (nSPS) is 12.4. The number of nitrogens with zero attached hydrogens (tertiary/aromatic N) is 1. The molecule has 0 fully saturated rings. The highest BCUT2D eigenvalue weighted by molar-refractivity contribution is 7.71. The van der Waals surface area contributed by atoms with Gasteiger partial charge in [0.05, 0.1) is 0 Å². The van der Waals surface area contributed by atoms with E-state index in [-0.39, 0.29) is 5.41 Å². The maximum absolute atomic E-state index is 5.36. The molecule has 0 unspecified atom stereocenters. The number of rotatable bonds is 4. The Labute approximate surface area is 104 Å². The van der Waals surface area contributed by atoms with E-state index in [1.807, 2.05) is 0 Å². The van der Waals surface area contributed by atoms with Gasteiger partial charge in [-0.05, 0) is 18.1 Å². The number of aromatic nitrogens is 2. The molecule has 16 heavy (non-hydrogen) atoms. The second-order valence-corrected chi connectivity index (χ2v) is 5.91. The molecule has 0 aliphatic heterocycles. The molecule has 1 aromatic rings. The Morgan fingerprint density at radius 2 is 1.88 bits per heavy atom. The summed E-state index contributed by atoms with van der Waals surface area (Å²) in [5, 5.41) is 0. The Morgan fingerprint density at radius 3 is 2.31 bits per heavy atom. The molecule has 1 N–H and O–H groups in total. The molecule has 0 saturated carbocycles. The lowest BCUT2D eigenvalue weighted by Gasteiger charge is -2.23. The highest BCUT2D eigenvalue weighted by atomic mass is 32.1. The van der Waals surface area contributed by atoms with Gasteiger partial charge in [-0.25, -0.2) is 0 Å². The van der Waals surface area contributed by atoms with Gasteiger partial charge in [0.15, 0.2) is 4.77 Å². The molecular formula is C13H24N2S. The van der Waals surface area contributed by atoms with Gasteiger partial charge in [0.25, 0.3) is 0 Å². The zero-order valence-electron chi connectivity index (χ0n) is 11.1. The first-order valence-corrected chi connectivity index (χ1v) is 6.59. The van der Waals surface area contributed by atoms with Crippen LogP contribution in [0.3, 0.4) is 0 Å². The summed E-state index contributed by atoms with van der Waals surface area (Å²) in [5.41, 5.74) is 1.46. The lowest BCUT2D eigenvalue weighted by atomic mass is 9.92. The Bertz CT molecular complexity index is 377. The van der Waals surface area contributed by atoms with Crippen LogP contribution in [0.25, 0.3) is 0 Å². The fourth-order valence-electron chi connectivity index (χ4n) is 2.00. The number of nitrogens with one attached hydrogen (secondary N) is 1. The maximum atomic E-state index is 5.36. The predicted octanol–water partition coefficient (Wildman–Crippen LogP) is 4.28. The fraction of sp³-hybridized carbons (Fsp3) is 0.769. The van der Waals surface area contributed by atoms with Crippen LogP contribution in [0, 0.1) is 10.7 Å². The van der Waals surface area contributed by atoms with Crippen LogP contribution in [-0.2, 0) is 12.0 Å². The molecule has 1 rings (SSSR count). The highest BCUT2D eigenvalue weighted by Gasteiger charge is 2.20. The van der Waals surface area contributed by atoms with Crippen molar-refractivity contribution >= 4 is 12.2 Å². The monoisotopic (exact) mass is 240 g/mol. The molecule has 0 bridgehead atoms. The molecule has 1 heterocycles. The van der Waals surface area contributed by atoms with Crippen LogP contribution in [0.2, 0.25) is 0 Å². The molecular weight excluding hydrogens is 216 g/mol. The van der Waals surface area contributed by atoms with E-state index in [9.17, 15) is 0 Å². The van der Waals surface area contributed by atoms with Gasteiger partial charge in [-0.15, -0.1) is 0 Å². The van der Waals surface area contributed by atoms with Crippen molar-refractivity contribution in [3.63, 3.8) is 0 Å². The first kappa shape index (κ1) is 13.5. The van der Waals surface area contributed by atoms with E-state index in [1.54, 1.807) is 0 Å². The van der Waals surface area contributed by atoms with E-state index in [0.29, 0.717) is 0 Å². The van der Waals surface area contributed by atoms with E-state index in [1.165, 1.54) is 18.5 Å². The third-order valence-electron chi connectivity index (χ3n) is 3.23. The number of H-pyrrole nitrogens is 1. The molecule has 2 nitrogen and oxygen atoms in total. The Morgan fingerprint density at radius 1 is 1.31 bits per heavy atom. The van der Waals surface area contributed by atoms with Crippen LogP contribution in [-0.4, -0.2) is 9.55 Å². The van der Waals surface area contributed by atoms with Crippen molar-refractivity contribution in [3.8, 4) is 0 Å². The molecule has 0 radical (unpaired) electrons. The molecule has 0 saturated heterocycles. The van der Waals surface area contributed by atoms with Gasteiger partial charge >= 0.3 is 0 Å². The predicted molar refractivity (Wildman–Crippen MR) is 72.4 cm³/mol. The number of imidazole rings is 1. The molecule has 0 atom stereocenters. The van der Waals surface area contributed by atoms with Crippen molar-refractivity contribution in [2.45, 2.75) is 59.4 Å². The second-order valence-electron chi connectivity index (χ2n) is 5.52. The third-order valence-corrected chi connectivity index (χ3v) is 3.57. The molecule has 0 amide bonds. The average Bonchev–Trinajstić information content (AvgIpc) is 2.56. The van der Waals surface area contributed by atoms with E-state index in [2.05, 4.69) is 50.4 Å². The first-order chi connectivity index (χ1) is 7.40. The summed E-state index contributed by atoms with van der Waals surface area (Å²) >= 11 is 5.36. The minimum Gasteiger partial charge on any atom is -0.337 e. The van der Waals surface area contributed by atoms with Crippen LogP contribution < -0.4 is 0 Å². The van der Waals surface area contributed by atoms with Gasteiger partial charge < -0.3 is 9.55 Å². The van der Waals surface area contributed by atoms with Crippen LogP contribution >= 0.6 is 12.2 Å². The molecule has 92 valence electrons. The first-order valence-electron chi connectivity index (χ1n) is 6.18. The smallest absolute Gasteiger partial charge is 0.177 e. The number of aromatic amines is 1. The van der Waals surface area contributed by atoms with Crippen LogP contribution in [0.1, 0.15) is 53.2 Å². The van der Waals surface area contributed by atoms with E-state index < -0.39 is 0 Å². The Kier molecular flexibility index (Phi) is 4.36. The number of hydrogen-bond donors (Lipinski definition) is 1. The van der Waals surface area contributed by atoms with Crippen molar-refractivity contribution in [2.24, 2.45) is 5.92 Å². The zero-order valence-corrected chi connectivity index (χ0v) is 11.9. The molecule has 1 aromatic heterocycles. The Hall–Kier alpha value is -0.570. The fourth-order valence-corrected chi connectivity index (χ4v) is 2.23. The second kappa shape index (κ2) is 5.17. The summed E-state index contributed by atoms with van der Waals surface area (Å²) in [6, 6.07) is 0. The van der Waals surface area contributed by atoms with E-state index >= 15 is 0 Å². The minimum absolute atomic E-state index is 0.152. The molecule has 3 heteroatoms. The summed E-state index contributed by atoms with van der Waals surface area (Å²) in [5.74, 6) is 0.726. The van der Waals surface area contributed by atoms with Crippen molar-refractivity contribution in [3.05, 3.63) is 16.7 Å². The zero-order chi connectivity index (χ0) is 12.3. The van der Waals surface area contributed by atoms with Crippen LogP contribution in [0.15, 0.2) is 6.20 Å². The number of hydrogen-bond acceptors (Lipinski definition) is 1. The summed E-state index contributed by atoms with van der Waals surface area (Å²) < 4.78 is 3.13. The summed E-state index contributed by atoms with van der Waals surface area (Å²) in [6.07, 6.45) is 4.49. The largest absolute Gasteiger partial charge is 0.337 e. The lowest BCUT2D eigenvalue weighted by Crippen LogP contribution is -2.20.